The summed E-state index contributed by atoms with van der Waals surface area (Å²) in [7, 11) is 0. The van der Waals surface area contributed by atoms with Gasteiger partial charge in [-0.1, -0.05) is 0 Å². The topological polar surface area (TPSA) is 91.5 Å². The van der Waals surface area contributed by atoms with Crippen LogP contribution >= 0.6 is 0 Å². The normalized spacial score (nSPS) is 24.2. The maximum atomic E-state index is 11.2. The number of nitrogens with one attached hydrogen (secondary N) is 1. The lowest BCUT2D eigenvalue weighted by atomic mass is 10.1. The van der Waals surface area contributed by atoms with Crippen LogP contribution in [-0.4, -0.2) is 39.6 Å². The molecule has 1 unspecified atom stereocenters. The van der Waals surface area contributed by atoms with Crippen molar-refractivity contribution in [2.75, 3.05) is 13.1 Å². The second-order valence-electron chi connectivity index (χ2n) is 4.97. The molecule has 0 aliphatic carbocycles. The largest absolute Gasteiger partial charge is 0.389 e. The van der Waals surface area contributed by atoms with E-state index in [0.717, 1.165) is 18.7 Å². The summed E-state index contributed by atoms with van der Waals surface area (Å²) >= 11 is 0. The van der Waals surface area contributed by atoms with Crippen LogP contribution in [0.1, 0.15) is 29.4 Å². The van der Waals surface area contributed by atoms with Crippen LogP contribution in [0.15, 0.2) is 18.3 Å². The highest BCUT2D eigenvalue weighted by Gasteiger charge is 2.31. The number of nitrogens with two attached hydrogens (primary N) is 1. The SMILES string of the molecule is CC1(O)CCN(Cc2ccc(C(=O)NN)cn2)C1. The molecule has 1 aliphatic heterocycles. The Morgan fingerprint density at radius 3 is 2.94 bits per heavy atom. The van der Waals surface area contributed by atoms with Crippen LogP contribution in [-0.2, 0) is 6.54 Å². The summed E-state index contributed by atoms with van der Waals surface area (Å²) in [6.07, 6.45) is 2.28. The first-order valence-corrected chi connectivity index (χ1v) is 5.91. The monoisotopic (exact) mass is 250 g/mol. The molecule has 0 spiro atoms. The predicted octanol–water partition coefficient (Wildman–Crippen LogP) is -0.358. The van der Waals surface area contributed by atoms with Crippen molar-refractivity contribution in [2.45, 2.75) is 25.5 Å². The van der Waals surface area contributed by atoms with Crippen molar-refractivity contribution in [3.05, 3.63) is 29.6 Å². The van der Waals surface area contributed by atoms with Gasteiger partial charge in [-0.3, -0.25) is 20.1 Å². The van der Waals surface area contributed by atoms with Crippen molar-refractivity contribution in [3.8, 4) is 0 Å². The van der Waals surface area contributed by atoms with Gasteiger partial charge in [-0.2, -0.15) is 0 Å². The molecule has 1 saturated heterocycles. The Balaban J connectivity index is 1.97. The Morgan fingerprint density at radius 1 is 1.67 bits per heavy atom. The van der Waals surface area contributed by atoms with Crippen LogP contribution in [0.2, 0.25) is 0 Å². The lowest BCUT2D eigenvalue weighted by Crippen LogP contribution is -2.30. The second-order valence-corrected chi connectivity index (χ2v) is 4.97. The first-order valence-electron chi connectivity index (χ1n) is 5.91. The number of aliphatic hydroxyl groups is 1. The minimum atomic E-state index is -0.598. The highest BCUT2D eigenvalue weighted by atomic mass is 16.3. The average molecular weight is 250 g/mol. The van der Waals surface area contributed by atoms with E-state index < -0.39 is 5.60 Å². The van der Waals surface area contributed by atoms with Gasteiger partial charge in [-0.25, -0.2) is 5.84 Å². The van der Waals surface area contributed by atoms with Gasteiger partial charge in [0.25, 0.3) is 5.91 Å². The molecule has 0 bridgehead atoms. The fourth-order valence-electron chi connectivity index (χ4n) is 2.14. The molecule has 1 aromatic heterocycles. The number of hydrogen-bond acceptors (Lipinski definition) is 5. The zero-order chi connectivity index (χ0) is 13.2. The molecule has 1 amide bonds. The molecule has 1 aliphatic rings. The van der Waals surface area contributed by atoms with E-state index in [9.17, 15) is 9.90 Å². The minimum absolute atomic E-state index is 0.349. The summed E-state index contributed by atoms with van der Waals surface area (Å²) < 4.78 is 0. The van der Waals surface area contributed by atoms with Gasteiger partial charge in [-0.15, -0.1) is 0 Å². The van der Waals surface area contributed by atoms with Crippen molar-refractivity contribution in [2.24, 2.45) is 5.84 Å². The summed E-state index contributed by atoms with van der Waals surface area (Å²) in [6, 6.07) is 3.50. The summed E-state index contributed by atoms with van der Waals surface area (Å²) in [6.45, 7) is 4.04. The van der Waals surface area contributed by atoms with Crippen molar-refractivity contribution in [1.82, 2.24) is 15.3 Å². The number of hydrazine groups is 1. The van der Waals surface area contributed by atoms with Gasteiger partial charge in [0.15, 0.2) is 0 Å². The van der Waals surface area contributed by atoms with Crippen molar-refractivity contribution < 1.29 is 9.90 Å². The second kappa shape index (κ2) is 5.01. The quantitative estimate of drug-likeness (QED) is 0.387. The zero-order valence-electron chi connectivity index (χ0n) is 10.4. The number of nitrogens with zero attached hydrogens (tertiary/aromatic N) is 2. The van der Waals surface area contributed by atoms with E-state index >= 15 is 0 Å². The molecule has 1 fully saturated rings. The van der Waals surface area contributed by atoms with Crippen molar-refractivity contribution in [1.29, 1.82) is 0 Å². The Labute approximate surface area is 106 Å². The van der Waals surface area contributed by atoms with E-state index in [-0.39, 0.29) is 5.91 Å². The number of likely N-dealkylation sites (tertiary alicyclic amines) is 1. The third-order valence-electron chi connectivity index (χ3n) is 3.13. The molecular formula is C12H18N4O2. The van der Waals surface area contributed by atoms with Gasteiger partial charge in [-0.05, 0) is 25.5 Å². The maximum absolute atomic E-state index is 11.2. The van der Waals surface area contributed by atoms with Crippen molar-refractivity contribution in [3.63, 3.8) is 0 Å². The summed E-state index contributed by atoms with van der Waals surface area (Å²) in [5.41, 5.74) is 2.78. The number of nitrogen functional groups attached to an aromatic ring is 1. The van der Waals surface area contributed by atoms with Crippen LogP contribution in [0.25, 0.3) is 0 Å². The molecule has 18 heavy (non-hydrogen) atoms. The average Bonchev–Trinajstić information content (AvgIpc) is 2.68. The number of rotatable bonds is 3. The molecule has 1 atom stereocenters. The summed E-state index contributed by atoms with van der Waals surface area (Å²) in [5, 5.41) is 9.86. The van der Waals surface area contributed by atoms with Crippen LogP contribution < -0.4 is 11.3 Å². The number of carbonyl (C=O) groups is 1. The van der Waals surface area contributed by atoms with Gasteiger partial charge >= 0.3 is 0 Å². The smallest absolute Gasteiger partial charge is 0.266 e. The fraction of sp³-hybridized carbons (Fsp3) is 0.500. The Hall–Kier alpha value is -1.50. The number of pyridine rings is 1. The summed E-state index contributed by atoms with van der Waals surface area (Å²) in [4.78, 5) is 17.6. The van der Waals surface area contributed by atoms with E-state index in [1.54, 1.807) is 12.1 Å². The first kappa shape index (κ1) is 12.9. The molecule has 2 rings (SSSR count). The Morgan fingerprint density at radius 2 is 2.44 bits per heavy atom. The van der Waals surface area contributed by atoms with Gasteiger partial charge in [0.2, 0.25) is 0 Å². The maximum Gasteiger partial charge on any atom is 0.266 e. The third-order valence-corrected chi connectivity index (χ3v) is 3.13. The lowest BCUT2D eigenvalue weighted by molar-refractivity contribution is 0.0677. The summed E-state index contributed by atoms with van der Waals surface area (Å²) in [5.74, 6) is 4.69. The Kier molecular flexibility index (Phi) is 3.60. The molecular weight excluding hydrogens is 232 g/mol. The third kappa shape index (κ3) is 3.04. The number of amides is 1. The molecule has 6 heteroatoms. The van der Waals surface area contributed by atoms with Crippen LogP contribution in [0.5, 0.6) is 0 Å². The van der Waals surface area contributed by atoms with Crippen LogP contribution in [0, 0.1) is 0 Å². The highest BCUT2D eigenvalue weighted by Crippen LogP contribution is 2.21. The standard InChI is InChI=1S/C12H18N4O2/c1-12(18)4-5-16(8-12)7-10-3-2-9(6-14-10)11(17)15-13/h2-3,6,18H,4-5,7-8,13H2,1H3,(H,15,17). The van der Waals surface area contributed by atoms with E-state index in [0.29, 0.717) is 18.7 Å². The highest BCUT2D eigenvalue weighted by molar-refractivity contribution is 5.93. The number of β-amino-alcohol motifs (C(OH)–C–C–N with tert-alkyl or cyclic N) is 1. The predicted molar refractivity (Wildman–Crippen MR) is 66.4 cm³/mol. The Bertz CT molecular complexity index is 430. The van der Waals surface area contributed by atoms with Gasteiger partial charge in [0.05, 0.1) is 16.9 Å². The number of aromatic nitrogens is 1. The van der Waals surface area contributed by atoms with Gasteiger partial charge < -0.3 is 5.11 Å². The molecule has 0 saturated carbocycles. The molecule has 4 N–H and O–H groups in total. The molecule has 0 radical (unpaired) electrons. The van der Waals surface area contributed by atoms with Crippen molar-refractivity contribution >= 4 is 5.91 Å². The number of hydrogen-bond donors (Lipinski definition) is 3. The van der Waals surface area contributed by atoms with Gasteiger partial charge in [0, 0.05) is 25.8 Å². The molecule has 6 nitrogen and oxygen atoms in total. The number of carbonyl (C=O) groups excluding carboxylic acids is 1. The molecule has 98 valence electrons. The molecule has 0 aromatic carbocycles. The van der Waals surface area contributed by atoms with E-state index in [2.05, 4.69) is 15.3 Å². The lowest BCUT2D eigenvalue weighted by Gasteiger charge is -2.18. The fourth-order valence-corrected chi connectivity index (χ4v) is 2.14. The molecule has 1 aromatic rings. The van der Waals surface area contributed by atoms with E-state index in [4.69, 9.17) is 5.84 Å². The van der Waals surface area contributed by atoms with Gasteiger partial charge in [0.1, 0.15) is 0 Å². The minimum Gasteiger partial charge on any atom is -0.389 e. The van der Waals surface area contributed by atoms with Crippen LogP contribution in [0.4, 0.5) is 0 Å². The first-order chi connectivity index (χ1) is 8.50. The van der Waals surface area contributed by atoms with Crippen LogP contribution in [0.3, 0.4) is 0 Å². The van der Waals surface area contributed by atoms with E-state index in [1.165, 1.54) is 6.20 Å². The zero-order valence-corrected chi connectivity index (χ0v) is 10.4. The molecule has 2 heterocycles. The van der Waals surface area contributed by atoms with E-state index in [1.807, 2.05) is 6.92 Å².